The molecule has 0 spiro atoms. The van der Waals surface area contributed by atoms with Crippen LogP contribution in [0.25, 0.3) is 0 Å². The second-order valence-electron chi connectivity index (χ2n) is 5.23. The van der Waals surface area contributed by atoms with E-state index in [1.165, 1.54) is 0 Å². The Bertz CT molecular complexity index is 727. The molecule has 0 N–H and O–H groups in total. The van der Waals surface area contributed by atoms with Gasteiger partial charge in [0.1, 0.15) is 10.7 Å². The number of anilines is 1. The molecule has 8 heteroatoms. The number of halogens is 3. The van der Waals surface area contributed by atoms with Crippen LogP contribution in [-0.2, 0) is 14.3 Å². The number of rotatable bonds is 2. The Morgan fingerprint density at radius 3 is 2.35 bits per heavy atom. The number of morpholine rings is 1. The van der Waals surface area contributed by atoms with Gasteiger partial charge in [0.25, 0.3) is 11.8 Å². The van der Waals surface area contributed by atoms with Gasteiger partial charge in [0.2, 0.25) is 0 Å². The van der Waals surface area contributed by atoms with Gasteiger partial charge in [-0.2, -0.15) is 0 Å². The highest BCUT2D eigenvalue weighted by Crippen LogP contribution is 2.41. The summed E-state index contributed by atoms with van der Waals surface area (Å²) in [5, 5.41) is 0.354. The second-order valence-corrected chi connectivity index (χ2v) is 6.40. The molecular formula is C15H13Cl3N2O3. The van der Waals surface area contributed by atoms with Crippen molar-refractivity contribution in [2.24, 2.45) is 0 Å². The number of imide groups is 1. The van der Waals surface area contributed by atoms with Crippen LogP contribution in [0.1, 0.15) is 5.56 Å². The molecule has 23 heavy (non-hydrogen) atoms. The Labute approximate surface area is 148 Å². The van der Waals surface area contributed by atoms with Crippen molar-refractivity contribution in [1.29, 1.82) is 0 Å². The number of aryl methyl sites for hydroxylation is 1. The maximum Gasteiger partial charge on any atom is 0.283 e. The van der Waals surface area contributed by atoms with Crippen molar-refractivity contribution in [2.75, 3.05) is 31.2 Å². The van der Waals surface area contributed by atoms with Crippen molar-refractivity contribution in [2.45, 2.75) is 6.92 Å². The van der Waals surface area contributed by atoms with Gasteiger partial charge < -0.3 is 9.64 Å². The molecule has 0 unspecified atom stereocenters. The molecule has 1 aromatic rings. The summed E-state index contributed by atoms with van der Waals surface area (Å²) >= 11 is 18.6. The van der Waals surface area contributed by atoms with Crippen LogP contribution in [0, 0.1) is 6.92 Å². The number of amides is 2. The molecule has 0 aliphatic carbocycles. The molecular weight excluding hydrogens is 363 g/mol. The van der Waals surface area contributed by atoms with E-state index in [1.807, 2.05) is 0 Å². The van der Waals surface area contributed by atoms with Gasteiger partial charge >= 0.3 is 0 Å². The SMILES string of the molecule is Cc1ccc(Cl)c(N2C(=O)C(Cl)=C(N3CCOCC3)C2=O)c1Cl. The van der Waals surface area contributed by atoms with Crippen molar-refractivity contribution < 1.29 is 14.3 Å². The maximum atomic E-state index is 12.8. The third kappa shape index (κ3) is 2.72. The zero-order chi connectivity index (χ0) is 16.7. The molecule has 1 aromatic carbocycles. The Morgan fingerprint density at radius 2 is 1.70 bits per heavy atom. The summed E-state index contributed by atoms with van der Waals surface area (Å²) in [6.45, 7) is 3.70. The lowest BCUT2D eigenvalue weighted by Gasteiger charge is -2.29. The maximum absolute atomic E-state index is 12.8. The Balaban J connectivity index is 2.03. The Kier molecular flexibility index (Phi) is 4.56. The third-order valence-electron chi connectivity index (χ3n) is 3.82. The van der Waals surface area contributed by atoms with Gasteiger partial charge in [-0.25, -0.2) is 4.90 Å². The van der Waals surface area contributed by atoms with Crippen LogP contribution in [0.3, 0.4) is 0 Å². The van der Waals surface area contributed by atoms with E-state index in [0.717, 1.165) is 4.90 Å². The van der Waals surface area contributed by atoms with E-state index in [9.17, 15) is 9.59 Å². The summed E-state index contributed by atoms with van der Waals surface area (Å²) in [6.07, 6.45) is 0. The molecule has 1 saturated heterocycles. The molecule has 0 bridgehead atoms. The standard InChI is InChI=1S/C15H13Cl3N2O3/c1-8-2-3-9(16)12(10(8)17)20-14(21)11(18)13(15(20)22)19-4-6-23-7-5-19/h2-3H,4-7H2,1H3. The molecule has 0 aromatic heterocycles. The van der Waals surface area contributed by atoms with E-state index in [2.05, 4.69) is 0 Å². The third-order valence-corrected chi connectivity index (χ3v) is 4.94. The molecule has 2 aliphatic heterocycles. The van der Waals surface area contributed by atoms with Gasteiger partial charge in [0.15, 0.2) is 0 Å². The number of carbonyl (C=O) groups excluding carboxylic acids is 2. The van der Waals surface area contributed by atoms with Gasteiger partial charge in [0.05, 0.1) is 28.9 Å². The van der Waals surface area contributed by atoms with Crippen LogP contribution in [0.15, 0.2) is 22.9 Å². The summed E-state index contributed by atoms with van der Waals surface area (Å²) in [5.74, 6) is -1.14. The van der Waals surface area contributed by atoms with E-state index in [4.69, 9.17) is 39.5 Å². The highest BCUT2D eigenvalue weighted by molar-refractivity contribution is 6.54. The lowest BCUT2D eigenvalue weighted by Crippen LogP contribution is -2.40. The van der Waals surface area contributed by atoms with Crippen molar-refractivity contribution in [3.05, 3.63) is 38.5 Å². The van der Waals surface area contributed by atoms with Gasteiger partial charge in [-0.05, 0) is 18.6 Å². The Hall–Kier alpha value is -1.27. The van der Waals surface area contributed by atoms with Crippen LogP contribution >= 0.6 is 34.8 Å². The second kappa shape index (κ2) is 6.32. The van der Waals surface area contributed by atoms with Crippen LogP contribution in [0.5, 0.6) is 0 Å². The fourth-order valence-electron chi connectivity index (χ4n) is 2.60. The number of hydrogen-bond donors (Lipinski definition) is 0. The largest absolute Gasteiger partial charge is 0.378 e. The number of carbonyl (C=O) groups is 2. The summed E-state index contributed by atoms with van der Waals surface area (Å²) in [4.78, 5) is 28.0. The van der Waals surface area contributed by atoms with Gasteiger partial charge in [-0.15, -0.1) is 0 Å². The smallest absolute Gasteiger partial charge is 0.283 e. The highest BCUT2D eigenvalue weighted by Gasteiger charge is 2.43. The zero-order valence-corrected chi connectivity index (χ0v) is 14.5. The Morgan fingerprint density at radius 1 is 1.04 bits per heavy atom. The van der Waals surface area contributed by atoms with Crippen LogP contribution < -0.4 is 4.90 Å². The summed E-state index contributed by atoms with van der Waals surface area (Å²) < 4.78 is 5.26. The minimum absolute atomic E-state index is 0.120. The van der Waals surface area contributed by atoms with Crippen LogP contribution in [0.2, 0.25) is 10.0 Å². The fourth-order valence-corrected chi connectivity index (χ4v) is 3.43. The lowest BCUT2D eigenvalue weighted by atomic mass is 10.2. The van der Waals surface area contributed by atoms with Crippen molar-refractivity contribution >= 4 is 52.3 Å². The lowest BCUT2D eigenvalue weighted by molar-refractivity contribution is -0.121. The predicted octanol–water partition coefficient (Wildman–Crippen LogP) is 2.96. The predicted molar refractivity (Wildman–Crippen MR) is 89.0 cm³/mol. The first-order valence-corrected chi connectivity index (χ1v) is 8.12. The molecule has 0 atom stereocenters. The van der Waals surface area contributed by atoms with Crippen LogP contribution in [0.4, 0.5) is 5.69 Å². The van der Waals surface area contributed by atoms with E-state index < -0.39 is 11.8 Å². The summed E-state index contributed by atoms with van der Waals surface area (Å²) in [7, 11) is 0. The summed E-state index contributed by atoms with van der Waals surface area (Å²) in [5.41, 5.74) is 1.06. The molecule has 122 valence electrons. The molecule has 2 heterocycles. The van der Waals surface area contributed by atoms with E-state index >= 15 is 0 Å². The number of hydrogen-bond acceptors (Lipinski definition) is 4. The zero-order valence-electron chi connectivity index (χ0n) is 12.2. The van der Waals surface area contributed by atoms with Crippen molar-refractivity contribution in [3.63, 3.8) is 0 Å². The topological polar surface area (TPSA) is 49.9 Å². The highest BCUT2D eigenvalue weighted by atomic mass is 35.5. The molecule has 3 rings (SSSR count). The quantitative estimate of drug-likeness (QED) is 0.746. The molecule has 0 saturated carbocycles. The first-order chi connectivity index (χ1) is 10.9. The number of nitrogens with zero attached hydrogens (tertiary/aromatic N) is 2. The van der Waals surface area contributed by atoms with Gasteiger partial charge in [-0.3, -0.25) is 9.59 Å². The van der Waals surface area contributed by atoms with E-state index in [-0.39, 0.29) is 26.5 Å². The summed E-state index contributed by atoms with van der Waals surface area (Å²) in [6, 6.07) is 3.32. The average Bonchev–Trinajstić information content (AvgIpc) is 2.76. The molecule has 5 nitrogen and oxygen atoms in total. The monoisotopic (exact) mass is 374 g/mol. The molecule has 0 radical (unpaired) electrons. The van der Waals surface area contributed by atoms with Gasteiger partial charge in [0, 0.05) is 13.1 Å². The van der Waals surface area contributed by atoms with Crippen LogP contribution in [-0.4, -0.2) is 43.0 Å². The first kappa shape index (κ1) is 16.6. The average molecular weight is 376 g/mol. The molecule has 2 amide bonds. The number of benzene rings is 1. The first-order valence-electron chi connectivity index (χ1n) is 6.99. The van der Waals surface area contributed by atoms with E-state index in [0.29, 0.717) is 31.9 Å². The fraction of sp³-hybridized carbons (Fsp3) is 0.333. The molecule has 1 fully saturated rings. The van der Waals surface area contributed by atoms with Crippen molar-refractivity contribution in [1.82, 2.24) is 4.90 Å². The van der Waals surface area contributed by atoms with Gasteiger partial charge in [-0.1, -0.05) is 40.9 Å². The number of ether oxygens (including phenoxy) is 1. The van der Waals surface area contributed by atoms with Crippen molar-refractivity contribution in [3.8, 4) is 0 Å². The minimum atomic E-state index is -0.618. The molecule has 2 aliphatic rings. The normalized spacial score (nSPS) is 19.1. The van der Waals surface area contributed by atoms with E-state index in [1.54, 1.807) is 24.0 Å². The minimum Gasteiger partial charge on any atom is -0.378 e.